The molecule has 0 aliphatic carbocycles. The average molecular weight is 453 g/mol. The molecule has 1 saturated heterocycles. The lowest BCUT2D eigenvalue weighted by Gasteiger charge is -2.25. The van der Waals surface area contributed by atoms with Crippen molar-refractivity contribution in [3.8, 4) is 0 Å². The second kappa shape index (κ2) is 8.47. The van der Waals surface area contributed by atoms with E-state index in [-0.39, 0.29) is 23.4 Å². The summed E-state index contributed by atoms with van der Waals surface area (Å²) in [6.45, 7) is 3.28. The lowest BCUT2D eigenvalue weighted by Crippen LogP contribution is -2.39. The number of aromatic nitrogens is 1. The Balaban J connectivity index is 1.36. The van der Waals surface area contributed by atoms with E-state index in [9.17, 15) is 22.8 Å². The van der Waals surface area contributed by atoms with Crippen LogP contribution in [-0.2, 0) is 6.18 Å². The quantitative estimate of drug-likeness (QED) is 0.664. The zero-order valence-corrected chi connectivity index (χ0v) is 17.3. The molecule has 0 bridgehead atoms. The van der Waals surface area contributed by atoms with Crippen LogP contribution in [0.5, 0.6) is 0 Å². The zero-order chi connectivity index (χ0) is 22.2. The van der Waals surface area contributed by atoms with Crippen molar-refractivity contribution in [3.63, 3.8) is 0 Å². The van der Waals surface area contributed by atoms with E-state index in [2.05, 4.69) is 9.88 Å². The highest BCUT2D eigenvalue weighted by Crippen LogP contribution is 2.33. The molecule has 1 aromatic carbocycles. The number of hydrogen-bond acceptors (Lipinski definition) is 5. The first-order valence-electron chi connectivity index (χ1n) is 9.91. The fourth-order valence-corrected chi connectivity index (χ4v) is 4.19. The van der Waals surface area contributed by atoms with Gasteiger partial charge in [-0.1, -0.05) is 23.7 Å². The number of carbonyl (C=O) groups is 2. The van der Waals surface area contributed by atoms with Gasteiger partial charge < -0.3 is 4.90 Å². The third-order valence-corrected chi connectivity index (χ3v) is 5.83. The molecule has 31 heavy (non-hydrogen) atoms. The Morgan fingerprint density at radius 2 is 1.65 bits per heavy atom. The number of rotatable bonds is 4. The molecule has 2 aromatic rings. The summed E-state index contributed by atoms with van der Waals surface area (Å²) in [5.41, 5.74) is -0.0197. The smallest absolute Gasteiger partial charge is 0.354 e. The predicted molar refractivity (Wildman–Crippen MR) is 109 cm³/mol. The Morgan fingerprint density at radius 3 is 2.26 bits per heavy atom. The first-order chi connectivity index (χ1) is 14.8. The van der Waals surface area contributed by atoms with Crippen LogP contribution in [0, 0.1) is 0 Å². The van der Waals surface area contributed by atoms with Crippen molar-refractivity contribution in [2.75, 3.05) is 44.2 Å². The van der Waals surface area contributed by atoms with Crippen LogP contribution in [0.3, 0.4) is 0 Å². The Morgan fingerprint density at radius 1 is 0.968 bits per heavy atom. The average Bonchev–Trinajstić information content (AvgIpc) is 2.88. The molecule has 1 fully saturated rings. The Hall–Kier alpha value is -2.65. The van der Waals surface area contributed by atoms with Gasteiger partial charge in [-0.3, -0.25) is 19.4 Å². The van der Waals surface area contributed by atoms with Gasteiger partial charge in [-0.25, -0.2) is 4.98 Å². The third-order valence-electron chi connectivity index (χ3n) is 5.56. The maximum atomic E-state index is 12.8. The maximum absolute atomic E-state index is 12.8. The molecule has 0 saturated carbocycles. The molecule has 0 N–H and O–H groups in total. The summed E-state index contributed by atoms with van der Waals surface area (Å²) in [4.78, 5) is 34.2. The van der Waals surface area contributed by atoms with E-state index in [4.69, 9.17) is 11.6 Å². The van der Waals surface area contributed by atoms with Gasteiger partial charge in [0.25, 0.3) is 11.8 Å². The van der Waals surface area contributed by atoms with Crippen LogP contribution < -0.4 is 4.90 Å². The fraction of sp³-hybridized carbons (Fsp3) is 0.381. The number of nitrogens with zero attached hydrogens (tertiary/aromatic N) is 4. The van der Waals surface area contributed by atoms with Crippen LogP contribution in [0.25, 0.3) is 0 Å². The van der Waals surface area contributed by atoms with Crippen LogP contribution in [0.1, 0.15) is 32.7 Å². The van der Waals surface area contributed by atoms with Gasteiger partial charge >= 0.3 is 6.18 Å². The van der Waals surface area contributed by atoms with Crippen molar-refractivity contribution in [1.82, 2.24) is 14.8 Å². The third kappa shape index (κ3) is 4.38. The minimum absolute atomic E-state index is 0.0331. The summed E-state index contributed by atoms with van der Waals surface area (Å²) in [5, 5.41) is -0.0331. The maximum Gasteiger partial charge on any atom is 0.417 e. The van der Waals surface area contributed by atoms with Gasteiger partial charge in [0.05, 0.1) is 21.7 Å². The second-order valence-electron chi connectivity index (χ2n) is 7.52. The van der Waals surface area contributed by atoms with Crippen LogP contribution >= 0.6 is 11.6 Å². The van der Waals surface area contributed by atoms with Gasteiger partial charge in [0.2, 0.25) is 0 Å². The number of anilines is 1. The van der Waals surface area contributed by atoms with Crippen molar-refractivity contribution in [2.24, 2.45) is 0 Å². The molecule has 0 radical (unpaired) electrons. The number of pyridine rings is 1. The number of halogens is 4. The normalized spacial score (nSPS) is 17.8. The molecule has 6 nitrogen and oxygen atoms in total. The Kier molecular flexibility index (Phi) is 5.90. The summed E-state index contributed by atoms with van der Waals surface area (Å²) >= 11 is 6.08. The highest BCUT2D eigenvalue weighted by Gasteiger charge is 2.35. The minimum Gasteiger partial charge on any atom is -0.354 e. The van der Waals surface area contributed by atoms with Crippen LogP contribution in [0.15, 0.2) is 36.5 Å². The van der Waals surface area contributed by atoms with Crippen molar-refractivity contribution in [2.45, 2.75) is 12.6 Å². The standard InChI is InChI=1S/C21H20ClF3N4O2/c22-17-12-14(21(23,24)25)13-26-18(17)28-7-3-6-27(8-10-28)9-11-29-19(30)15-4-1-2-5-16(15)20(29)31/h1-2,4-5,12-13H,3,6-11H2. The molecule has 0 atom stereocenters. The SMILES string of the molecule is O=C1c2ccccc2C(=O)N1CCN1CCCN(c2ncc(C(F)(F)F)cc2Cl)CC1. The molecule has 0 spiro atoms. The van der Waals surface area contributed by atoms with E-state index >= 15 is 0 Å². The van der Waals surface area contributed by atoms with E-state index in [1.807, 2.05) is 4.90 Å². The van der Waals surface area contributed by atoms with Crippen molar-refractivity contribution in [3.05, 3.63) is 58.2 Å². The lowest BCUT2D eigenvalue weighted by atomic mass is 10.1. The number of benzene rings is 1. The molecular weight excluding hydrogens is 433 g/mol. The molecule has 164 valence electrons. The molecule has 2 amide bonds. The van der Waals surface area contributed by atoms with Gasteiger partial charge in [0.1, 0.15) is 5.82 Å². The first kappa shape index (κ1) is 21.6. The molecule has 4 rings (SSSR count). The van der Waals surface area contributed by atoms with Crippen LogP contribution in [-0.4, -0.2) is 65.9 Å². The highest BCUT2D eigenvalue weighted by atomic mass is 35.5. The van der Waals surface area contributed by atoms with E-state index < -0.39 is 11.7 Å². The van der Waals surface area contributed by atoms with Crippen LogP contribution in [0.4, 0.5) is 19.0 Å². The number of amides is 2. The number of imide groups is 1. The van der Waals surface area contributed by atoms with Gasteiger partial charge in [0, 0.05) is 38.9 Å². The topological polar surface area (TPSA) is 56.8 Å². The molecular formula is C21H20ClF3N4O2. The first-order valence-corrected chi connectivity index (χ1v) is 10.3. The summed E-state index contributed by atoms with van der Waals surface area (Å²) in [6.07, 6.45) is -2.94. The molecule has 1 aromatic heterocycles. The molecule has 10 heteroatoms. The Labute approximate surface area is 182 Å². The summed E-state index contributed by atoms with van der Waals surface area (Å²) < 4.78 is 38.5. The number of hydrogen-bond donors (Lipinski definition) is 0. The van der Waals surface area contributed by atoms with Crippen molar-refractivity contribution >= 4 is 29.2 Å². The number of alkyl halides is 3. The van der Waals surface area contributed by atoms with E-state index in [0.29, 0.717) is 43.1 Å². The summed E-state index contributed by atoms with van der Waals surface area (Å²) in [7, 11) is 0. The van der Waals surface area contributed by atoms with Gasteiger partial charge in [0.15, 0.2) is 0 Å². The highest BCUT2D eigenvalue weighted by molar-refractivity contribution is 6.33. The zero-order valence-electron chi connectivity index (χ0n) is 16.5. The van der Waals surface area contributed by atoms with E-state index in [1.165, 1.54) is 4.90 Å². The molecule has 2 aliphatic heterocycles. The monoisotopic (exact) mass is 452 g/mol. The van der Waals surface area contributed by atoms with Crippen molar-refractivity contribution in [1.29, 1.82) is 0 Å². The fourth-order valence-electron chi connectivity index (χ4n) is 3.91. The number of carbonyl (C=O) groups excluding carboxylic acids is 2. The molecule has 3 heterocycles. The van der Waals surface area contributed by atoms with E-state index in [1.54, 1.807) is 24.3 Å². The largest absolute Gasteiger partial charge is 0.417 e. The molecule has 0 unspecified atom stereocenters. The molecule has 2 aliphatic rings. The lowest BCUT2D eigenvalue weighted by molar-refractivity contribution is -0.137. The van der Waals surface area contributed by atoms with Crippen molar-refractivity contribution < 1.29 is 22.8 Å². The van der Waals surface area contributed by atoms with Gasteiger partial charge in [-0.05, 0) is 31.2 Å². The number of fused-ring (bicyclic) bond motifs is 1. The van der Waals surface area contributed by atoms with E-state index in [0.717, 1.165) is 25.2 Å². The second-order valence-corrected chi connectivity index (χ2v) is 7.92. The summed E-state index contributed by atoms with van der Waals surface area (Å²) in [6, 6.07) is 7.67. The van der Waals surface area contributed by atoms with Crippen LogP contribution in [0.2, 0.25) is 5.02 Å². The minimum atomic E-state index is -4.49. The Bertz CT molecular complexity index is 979. The van der Waals surface area contributed by atoms with Gasteiger partial charge in [-0.2, -0.15) is 13.2 Å². The summed E-state index contributed by atoms with van der Waals surface area (Å²) in [5.74, 6) is -0.229. The van der Waals surface area contributed by atoms with Gasteiger partial charge in [-0.15, -0.1) is 0 Å². The predicted octanol–water partition coefficient (Wildman–Crippen LogP) is 3.56.